The van der Waals surface area contributed by atoms with Crippen LogP contribution in [0.5, 0.6) is 5.75 Å². The number of unbranched alkanes of at least 4 members (excludes halogenated alkanes) is 7. The van der Waals surface area contributed by atoms with Crippen molar-refractivity contribution in [2.45, 2.75) is 65.2 Å². The minimum absolute atomic E-state index is 0.278. The lowest BCUT2D eigenvalue weighted by Gasteiger charge is -2.19. The van der Waals surface area contributed by atoms with Gasteiger partial charge in [0, 0.05) is 38.9 Å². The van der Waals surface area contributed by atoms with Crippen LogP contribution in [0, 0.1) is 0 Å². The monoisotopic (exact) mass is 348 g/mol. The van der Waals surface area contributed by atoms with Gasteiger partial charge in [-0.05, 0) is 25.5 Å². The molecule has 0 aliphatic carbocycles. The van der Waals surface area contributed by atoms with Gasteiger partial charge in [-0.1, -0.05) is 57.9 Å². The molecule has 0 radical (unpaired) electrons. The lowest BCUT2D eigenvalue weighted by atomic mass is 10.1. The first-order valence-corrected chi connectivity index (χ1v) is 9.82. The first kappa shape index (κ1) is 21.3. The molecule has 1 aromatic rings. The summed E-state index contributed by atoms with van der Waals surface area (Å²) < 4.78 is 5.49. The van der Waals surface area contributed by atoms with Crippen molar-refractivity contribution in [3.63, 3.8) is 0 Å². The van der Waals surface area contributed by atoms with Gasteiger partial charge in [0.15, 0.2) is 0 Å². The highest BCUT2D eigenvalue weighted by atomic mass is 16.6. The Bertz CT molecular complexity index is 491. The van der Waals surface area contributed by atoms with E-state index in [1.54, 1.807) is 4.90 Å². The quantitative estimate of drug-likeness (QED) is 0.453. The first-order chi connectivity index (χ1) is 12.1. The average Bonchev–Trinajstić information content (AvgIpc) is 2.63. The van der Waals surface area contributed by atoms with E-state index in [2.05, 4.69) is 18.7 Å². The molecule has 4 heteroatoms. The molecule has 0 saturated carbocycles. The SMILES string of the molecule is CCCCCCCCCCN(C)C(=O)Oc1cccc(N(C)CC)c1. The van der Waals surface area contributed by atoms with Crippen molar-refractivity contribution in [1.82, 2.24) is 4.90 Å². The summed E-state index contributed by atoms with van der Waals surface area (Å²) in [6.07, 6.45) is 9.86. The smallest absolute Gasteiger partial charge is 0.410 e. The molecule has 1 amide bonds. The van der Waals surface area contributed by atoms with Gasteiger partial charge in [-0.25, -0.2) is 4.79 Å². The highest BCUT2D eigenvalue weighted by molar-refractivity contribution is 5.71. The van der Waals surface area contributed by atoms with E-state index in [-0.39, 0.29) is 6.09 Å². The second-order valence-corrected chi connectivity index (χ2v) is 6.78. The molecule has 1 rings (SSSR count). The Morgan fingerprint density at radius 3 is 2.24 bits per heavy atom. The molecule has 0 aliphatic heterocycles. The molecular formula is C21H36N2O2. The van der Waals surface area contributed by atoms with Gasteiger partial charge in [0.1, 0.15) is 5.75 Å². The molecule has 142 valence electrons. The van der Waals surface area contributed by atoms with Crippen LogP contribution in [-0.4, -0.2) is 38.2 Å². The summed E-state index contributed by atoms with van der Waals surface area (Å²) in [6, 6.07) is 7.67. The third-order valence-corrected chi connectivity index (χ3v) is 4.60. The minimum atomic E-state index is -0.278. The van der Waals surface area contributed by atoms with Crippen LogP contribution in [-0.2, 0) is 0 Å². The molecule has 1 aromatic carbocycles. The van der Waals surface area contributed by atoms with Crippen LogP contribution in [0.15, 0.2) is 24.3 Å². The van der Waals surface area contributed by atoms with Crippen LogP contribution in [0.3, 0.4) is 0 Å². The van der Waals surface area contributed by atoms with Crippen molar-refractivity contribution in [3.05, 3.63) is 24.3 Å². The fourth-order valence-electron chi connectivity index (χ4n) is 2.72. The van der Waals surface area contributed by atoms with E-state index < -0.39 is 0 Å². The molecule has 0 aliphatic rings. The maximum atomic E-state index is 12.2. The molecule has 25 heavy (non-hydrogen) atoms. The molecule has 0 aromatic heterocycles. The lowest BCUT2D eigenvalue weighted by molar-refractivity contribution is 0.162. The van der Waals surface area contributed by atoms with Gasteiger partial charge in [0.2, 0.25) is 0 Å². The second kappa shape index (κ2) is 12.6. The molecule has 0 atom stereocenters. The van der Waals surface area contributed by atoms with Crippen LogP contribution >= 0.6 is 0 Å². The summed E-state index contributed by atoms with van der Waals surface area (Å²) in [5.41, 5.74) is 1.05. The Morgan fingerprint density at radius 2 is 1.60 bits per heavy atom. The Morgan fingerprint density at radius 1 is 0.960 bits per heavy atom. The van der Waals surface area contributed by atoms with Crippen molar-refractivity contribution in [2.75, 3.05) is 32.1 Å². The molecule has 0 unspecified atom stereocenters. The van der Waals surface area contributed by atoms with Crippen LogP contribution in [0.2, 0.25) is 0 Å². The van der Waals surface area contributed by atoms with E-state index in [0.29, 0.717) is 5.75 Å². The number of hydrogen-bond acceptors (Lipinski definition) is 3. The van der Waals surface area contributed by atoms with E-state index in [9.17, 15) is 4.79 Å². The number of amides is 1. The number of nitrogens with zero attached hydrogens (tertiary/aromatic N) is 2. The molecule has 0 fully saturated rings. The minimum Gasteiger partial charge on any atom is -0.410 e. The summed E-state index contributed by atoms with van der Waals surface area (Å²) in [4.78, 5) is 16.0. The Kier molecular flexibility index (Phi) is 10.8. The van der Waals surface area contributed by atoms with Gasteiger partial charge >= 0.3 is 6.09 Å². The molecule has 4 nitrogen and oxygen atoms in total. The highest BCUT2D eigenvalue weighted by Gasteiger charge is 2.11. The Balaban J connectivity index is 2.26. The summed E-state index contributed by atoms with van der Waals surface area (Å²) in [7, 11) is 3.83. The zero-order chi connectivity index (χ0) is 18.5. The summed E-state index contributed by atoms with van der Waals surface area (Å²) in [6.45, 7) is 6.00. The van der Waals surface area contributed by atoms with Crippen LogP contribution in [0.4, 0.5) is 10.5 Å². The highest BCUT2D eigenvalue weighted by Crippen LogP contribution is 2.20. The number of ether oxygens (including phenoxy) is 1. The van der Waals surface area contributed by atoms with E-state index in [4.69, 9.17) is 4.74 Å². The number of anilines is 1. The van der Waals surface area contributed by atoms with Gasteiger partial charge < -0.3 is 14.5 Å². The van der Waals surface area contributed by atoms with Crippen molar-refractivity contribution >= 4 is 11.8 Å². The van der Waals surface area contributed by atoms with Crippen molar-refractivity contribution in [3.8, 4) is 5.75 Å². The zero-order valence-corrected chi connectivity index (χ0v) is 16.6. The standard InChI is InChI=1S/C21H36N2O2/c1-5-7-8-9-10-11-12-13-17-23(4)21(24)25-20-16-14-15-19(18-20)22(3)6-2/h14-16,18H,5-13,17H2,1-4H3. The fourth-order valence-corrected chi connectivity index (χ4v) is 2.72. The molecule has 0 N–H and O–H groups in total. The van der Waals surface area contributed by atoms with Gasteiger partial charge in [0.25, 0.3) is 0 Å². The van der Waals surface area contributed by atoms with Crippen LogP contribution < -0.4 is 9.64 Å². The zero-order valence-electron chi connectivity index (χ0n) is 16.6. The summed E-state index contributed by atoms with van der Waals surface area (Å²) in [5, 5.41) is 0. The number of hydrogen-bond donors (Lipinski definition) is 0. The predicted octanol–water partition coefficient (Wildman–Crippen LogP) is 5.71. The molecule has 0 saturated heterocycles. The molecular weight excluding hydrogens is 312 g/mol. The Labute approximate surface area is 154 Å². The van der Waals surface area contributed by atoms with Crippen molar-refractivity contribution in [2.24, 2.45) is 0 Å². The van der Waals surface area contributed by atoms with Gasteiger partial charge in [-0.3, -0.25) is 0 Å². The number of rotatable bonds is 12. The lowest BCUT2D eigenvalue weighted by Crippen LogP contribution is -2.30. The first-order valence-electron chi connectivity index (χ1n) is 9.82. The van der Waals surface area contributed by atoms with Crippen molar-refractivity contribution in [1.29, 1.82) is 0 Å². The number of carbonyl (C=O) groups is 1. The normalized spacial score (nSPS) is 10.6. The molecule has 0 heterocycles. The van der Waals surface area contributed by atoms with Gasteiger partial charge in [-0.2, -0.15) is 0 Å². The Hall–Kier alpha value is -1.71. The number of benzene rings is 1. The third kappa shape index (κ3) is 8.80. The topological polar surface area (TPSA) is 32.8 Å². The maximum absolute atomic E-state index is 12.2. The van der Waals surface area contributed by atoms with E-state index in [1.165, 1.54) is 44.9 Å². The van der Waals surface area contributed by atoms with Gasteiger partial charge in [-0.15, -0.1) is 0 Å². The predicted molar refractivity (Wildman–Crippen MR) is 107 cm³/mol. The third-order valence-electron chi connectivity index (χ3n) is 4.60. The van der Waals surface area contributed by atoms with E-state index >= 15 is 0 Å². The van der Waals surface area contributed by atoms with Crippen molar-refractivity contribution < 1.29 is 9.53 Å². The summed E-state index contributed by atoms with van der Waals surface area (Å²) >= 11 is 0. The number of carbonyl (C=O) groups excluding carboxylic acids is 1. The molecule has 0 bridgehead atoms. The summed E-state index contributed by atoms with van der Waals surface area (Å²) in [5.74, 6) is 0.602. The average molecular weight is 349 g/mol. The fraction of sp³-hybridized carbons (Fsp3) is 0.667. The van der Waals surface area contributed by atoms with Crippen LogP contribution in [0.25, 0.3) is 0 Å². The molecule has 0 spiro atoms. The van der Waals surface area contributed by atoms with Crippen LogP contribution in [0.1, 0.15) is 65.2 Å². The maximum Gasteiger partial charge on any atom is 0.414 e. The van der Waals surface area contributed by atoms with Gasteiger partial charge in [0.05, 0.1) is 0 Å². The second-order valence-electron chi connectivity index (χ2n) is 6.78. The van der Waals surface area contributed by atoms with E-state index in [1.807, 2.05) is 38.4 Å². The largest absolute Gasteiger partial charge is 0.414 e. The van der Waals surface area contributed by atoms with E-state index in [0.717, 1.165) is 25.2 Å².